The second-order valence-electron chi connectivity index (χ2n) is 8.05. The molecule has 32 heavy (non-hydrogen) atoms. The van der Waals surface area contributed by atoms with Gasteiger partial charge in [0.15, 0.2) is 0 Å². The molecule has 1 aliphatic carbocycles. The fourth-order valence-corrected chi connectivity index (χ4v) is 4.03. The number of hydrogen-bond donors (Lipinski definition) is 2. The Morgan fingerprint density at radius 2 is 1.97 bits per heavy atom. The second kappa shape index (κ2) is 9.80. The molecule has 1 saturated carbocycles. The molecular formula is C20H26F4N4O4. The number of halogens is 4. The molecule has 2 unspecified atom stereocenters. The van der Waals surface area contributed by atoms with Gasteiger partial charge in [-0.15, -0.1) is 13.2 Å². The predicted molar refractivity (Wildman–Crippen MR) is 105 cm³/mol. The normalized spacial score (nSPS) is 21.2. The van der Waals surface area contributed by atoms with Crippen LogP contribution in [0, 0.1) is 11.7 Å². The van der Waals surface area contributed by atoms with Crippen LogP contribution in [0.5, 0.6) is 5.75 Å². The molecule has 2 fully saturated rings. The van der Waals surface area contributed by atoms with Crippen molar-refractivity contribution >= 4 is 12.1 Å². The van der Waals surface area contributed by atoms with E-state index in [-0.39, 0.29) is 36.7 Å². The van der Waals surface area contributed by atoms with Gasteiger partial charge in [0, 0.05) is 50.3 Å². The Hall–Kier alpha value is -2.76. The highest BCUT2D eigenvalue weighted by molar-refractivity contribution is 5.76. The average Bonchev–Trinajstić information content (AvgIpc) is 3.51. The number of nitrogens with one attached hydrogen (secondary N) is 1. The lowest BCUT2D eigenvalue weighted by atomic mass is 9.94. The van der Waals surface area contributed by atoms with Crippen LogP contribution in [0.3, 0.4) is 0 Å². The van der Waals surface area contributed by atoms with Crippen molar-refractivity contribution in [1.82, 2.24) is 15.1 Å². The van der Waals surface area contributed by atoms with Gasteiger partial charge in [-0.1, -0.05) is 6.07 Å². The summed E-state index contributed by atoms with van der Waals surface area (Å²) >= 11 is 0. The number of benzene rings is 1. The van der Waals surface area contributed by atoms with E-state index in [1.54, 1.807) is 12.0 Å². The highest BCUT2D eigenvalue weighted by atomic mass is 19.4. The van der Waals surface area contributed by atoms with Gasteiger partial charge < -0.3 is 30.3 Å². The summed E-state index contributed by atoms with van der Waals surface area (Å²) in [5, 5.41) is 2.64. The van der Waals surface area contributed by atoms with Crippen LogP contribution >= 0.6 is 0 Å². The molecule has 8 nitrogen and oxygen atoms in total. The number of rotatable bonds is 7. The maximum absolute atomic E-state index is 14.2. The summed E-state index contributed by atoms with van der Waals surface area (Å²) in [6.45, 7) is 0.931. The number of amides is 4. The fraction of sp³-hybridized carbons (Fsp3) is 0.600. The van der Waals surface area contributed by atoms with E-state index in [9.17, 15) is 27.2 Å². The quantitative estimate of drug-likeness (QED) is 0.609. The molecule has 1 saturated heterocycles. The Bertz CT molecular complexity index is 834. The number of urea groups is 2. The number of methoxy groups -OCH3 is 1. The van der Waals surface area contributed by atoms with Crippen LogP contribution in [-0.4, -0.2) is 67.1 Å². The molecule has 2 atom stereocenters. The van der Waals surface area contributed by atoms with Crippen LogP contribution in [0.25, 0.3) is 0 Å². The zero-order valence-electron chi connectivity index (χ0n) is 17.5. The standard InChI is InChI=1S/C20H26F4N4O4/c1-31-11-12-6-15(10-27(9-12)18(25)29)28(14-3-4-14)19(30)26-8-13-2-5-16(7-17(13)21)32-20(22,23)24/h2,5,7,12,14-15H,3-4,6,8-11H2,1H3,(H2,25,29)(H,26,30). The number of alkyl halides is 3. The van der Waals surface area contributed by atoms with Crippen molar-refractivity contribution in [2.24, 2.45) is 11.7 Å². The van der Waals surface area contributed by atoms with Crippen LogP contribution in [0.1, 0.15) is 24.8 Å². The monoisotopic (exact) mass is 462 g/mol. The van der Waals surface area contributed by atoms with Crippen molar-refractivity contribution in [3.8, 4) is 5.75 Å². The molecule has 3 rings (SSSR count). The highest BCUT2D eigenvalue weighted by Gasteiger charge is 2.41. The van der Waals surface area contributed by atoms with E-state index in [4.69, 9.17) is 10.5 Å². The Labute approximate surface area is 182 Å². The van der Waals surface area contributed by atoms with Gasteiger partial charge in [0.2, 0.25) is 0 Å². The third kappa shape index (κ3) is 6.38. The molecule has 0 aromatic heterocycles. The van der Waals surface area contributed by atoms with E-state index in [0.717, 1.165) is 25.0 Å². The summed E-state index contributed by atoms with van der Waals surface area (Å²) in [4.78, 5) is 27.9. The van der Waals surface area contributed by atoms with E-state index in [1.807, 2.05) is 0 Å². The van der Waals surface area contributed by atoms with E-state index < -0.39 is 30.0 Å². The van der Waals surface area contributed by atoms with Crippen molar-refractivity contribution in [3.05, 3.63) is 29.6 Å². The molecule has 0 spiro atoms. The maximum Gasteiger partial charge on any atom is 0.573 e. The van der Waals surface area contributed by atoms with Crippen LogP contribution in [-0.2, 0) is 11.3 Å². The summed E-state index contributed by atoms with van der Waals surface area (Å²) in [5.74, 6) is -1.59. The maximum atomic E-state index is 14.2. The zero-order chi connectivity index (χ0) is 23.5. The van der Waals surface area contributed by atoms with Gasteiger partial charge in [0.1, 0.15) is 11.6 Å². The lowest BCUT2D eigenvalue weighted by Crippen LogP contribution is -2.58. The molecule has 2 aliphatic rings. The largest absolute Gasteiger partial charge is 0.573 e. The SMILES string of the molecule is COCC1CC(N(C(=O)NCc2ccc(OC(F)(F)F)cc2F)C2CC2)CN(C(N)=O)C1. The molecule has 1 aromatic carbocycles. The Morgan fingerprint density at radius 3 is 2.53 bits per heavy atom. The van der Waals surface area contributed by atoms with Gasteiger partial charge in [0.25, 0.3) is 0 Å². The number of ether oxygens (including phenoxy) is 2. The third-order valence-corrected chi connectivity index (χ3v) is 5.49. The molecule has 0 bridgehead atoms. The number of nitrogens with zero attached hydrogens (tertiary/aromatic N) is 2. The lowest BCUT2D eigenvalue weighted by molar-refractivity contribution is -0.274. The van der Waals surface area contributed by atoms with Crippen molar-refractivity contribution in [2.45, 2.75) is 44.3 Å². The van der Waals surface area contributed by atoms with Crippen molar-refractivity contribution in [3.63, 3.8) is 0 Å². The second-order valence-corrected chi connectivity index (χ2v) is 8.05. The van der Waals surface area contributed by atoms with Gasteiger partial charge in [-0.2, -0.15) is 0 Å². The molecule has 178 valence electrons. The van der Waals surface area contributed by atoms with E-state index in [1.165, 1.54) is 4.90 Å². The highest BCUT2D eigenvalue weighted by Crippen LogP contribution is 2.33. The van der Waals surface area contributed by atoms with Crippen molar-refractivity contribution in [1.29, 1.82) is 0 Å². The molecule has 0 radical (unpaired) electrons. The van der Waals surface area contributed by atoms with Gasteiger partial charge in [-0.25, -0.2) is 14.0 Å². The first-order chi connectivity index (χ1) is 15.1. The van der Waals surface area contributed by atoms with E-state index in [0.29, 0.717) is 25.6 Å². The first-order valence-electron chi connectivity index (χ1n) is 10.2. The fourth-order valence-electron chi connectivity index (χ4n) is 4.03. The Morgan fingerprint density at radius 1 is 1.25 bits per heavy atom. The smallest absolute Gasteiger partial charge is 0.406 e. The minimum Gasteiger partial charge on any atom is -0.406 e. The number of carbonyl (C=O) groups excluding carboxylic acids is 2. The lowest BCUT2D eigenvalue weighted by Gasteiger charge is -2.42. The molecule has 1 aliphatic heterocycles. The van der Waals surface area contributed by atoms with Crippen LogP contribution in [0.15, 0.2) is 18.2 Å². The zero-order valence-corrected chi connectivity index (χ0v) is 17.5. The number of primary amides is 1. The predicted octanol–water partition coefficient (Wildman–Crippen LogP) is 2.81. The van der Waals surface area contributed by atoms with Crippen molar-refractivity contribution in [2.75, 3.05) is 26.8 Å². The number of carbonyl (C=O) groups is 2. The van der Waals surface area contributed by atoms with Crippen LogP contribution in [0.2, 0.25) is 0 Å². The van der Waals surface area contributed by atoms with Crippen LogP contribution < -0.4 is 15.8 Å². The number of likely N-dealkylation sites (tertiary alicyclic amines) is 1. The minimum absolute atomic E-state index is 0.00318. The Balaban J connectivity index is 1.66. The number of piperidine rings is 1. The summed E-state index contributed by atoms with van der Waals surface area (Å²) in [7, 11) is 1.56. The molecule has 12 heteroatoms. The van der Waals surface area contributed by atoms with Gasteiger partial charge in [-0.3, -0.25) is 0 Å². The first kappa shape index (κ1) is 23.9. The summed E-state index contributed by atoms with van der Waals surface area (Å²) < 4.78 is 59.9. The topological polar surface area (TPSA) is 97.1 Å². The number of nitrogens with two attached hydrogens (primary N) is 1. The molecule has 3 N–H and O–H groups in total. The molecule has 1 aromatic rings. The van der Waals surface area contributed by atoms with Crippen molar-refractivity contribution < 1.29 is 36.6 Å². The minimum atomic E-state index is -4.92. The summed E-state index contributed by atoms with van der Waals surface area (Å²) in [6, 6.07) is 1.44. The van der Waals surface area contributed by atoms with Gasteiger partial charge >= 0.3 is 18.4 Å². The number of hydrogen-bond acceptors (Lipinski definition) is 4. The van der Waals surface area contributed by atoms with Crippen LogP contribution in [0.4, 0.5) is 27.2 Å². The summed E-state index contributed by atoms with van der Waals surface area (Å²) in [6.07, 6.45) is -2.67. The molecule has 4 amide bonds. The first-order valence-corrected chi connectivity index (χ1v) is 10.2. The Kier molecular flexibility index (Phi) is 7.32. The molecule has 1 heterocycles. The molecular weight excluding hydrogens is 436 g/mol. The van der Waals surface area contributed by atoms with Gasteiger partial charge in [-0.05, 0) is 25.3 Å². The average molecular weight is 462 g/mol. The van der Waals surface area contributed by atoms with E-state index >= 15 is 0 Å². The van der Waals surface area contributed by atoms with Gasteiger partial charge in [0.05, 0.1) is 12.6 Å². The summed E-state index contributed by atoms with van der Waals surface area (Å²) in [5.41, 5.74) is 5.48. The van der Waals surface area contributed by atoms with E-state index in [2.05, 4.69) is 10.1 Å². The third-order valence-electron chi connectivity index (χ3n) is 5.49.